The van der Waals surface area contributed by atoms with Crippen LogP contribution < -0.4 is 5.32 Å². The molecule has 5 nitrogen and oxygen atoms in total. The summed E-state index contributed by atoms with van der Waals surface area (Å²) in [6, 6.07) is 10.3. The van der Waals surface area contributed by atoms with Gasteiger partial charge in [-0.15, -0.1) is 11.8 Å². The van der Waals surface area contributed by atoms with E-state index in [1.807, 2.05) is 0 Å². The first-order chi connectivity index (χ1) is 11.4. The monoisotopic (exact) mass is 370 g/mol. The maximum absolute atomic E-state index is 12.6. The fourth-order valence-corrected chi connectivity index (χ4v) is 3.08. The van der Waals surface area contributed by atoms with Gasteiger partial charge >= 0.3 is 0 Å². The van der Waals surface area contributed by atoms with Crippen LogP contribution >= 0.6 is 23.5 Å². The number of benzene rings is 2. The predicted octanol–water partition coefficient (Wildman–Crippen LogP) is 4.88. The molecule has 0 aliphatic rings. The lowest BCUT2D eigenvalue weighted by Gasteiger charge is -2.10. The van der Waals surface area contributed by atoms with Crippen LogP contribution in [-0.2, 0) is 0 Å². The zero-order valence-electron chi connectivity index (χ0n) is 12.4. The summed E-state index contributed by atoms with van der Waals surface area (Å²) in [7, 11) is 0. The van der Waals surface area contributed by atoms with Gasteiger partial charge in [0, 0.05) is 16.5 Å². The van der Waals surface area contributed by atoms with Crippen LogP contribution in [0, 0.1) is 10.1 Å². The quantitative estimate of drug-likeness (QED) is 0.446. The highest BCUT2D eigenvalue weighted by molar-refractivity contribution is 7.99. The minimum Gasteiger partial charge on any atom is -0.321 e. The van der Waals surface area contributed by atoms with Gasteiger partial charge in [0.05, 0.1) is 15.5 Å². The van der Waals surface area contributed by atoms with Gasteiger partial charge in [-0.05, 0) is 30.5 Å². The molecule has 0 saturated heterocycles. The summed E-state index contributed by atoms with van der Waals surface area (Å²) in [5.74, 6) is -3.22. The highest BCUT2D eigenvalue weighted by Crippen LogP contribution is 2.32. The van der Waals surface area contributed by atoms with Gasteiger partial charge in [-0.25, -0.2) is 0 Å². The van der Waals surface area contributed by atoms with Crippen LogP contribution in [0.2, 0.25) is 0 Å². The molecule has 126 valence electrons. The third kappa shape index (κ3) is 4.45. The second kappa shape index (κ2) is 8.11. The molecule has 0 bridgehead atoms. The fourth-order valence-electron chi connectivity index (χ4n) is 1.94. The molecule has 0 heterocycles. The molecule has 0 aromatic heterocycles. The molecule has 2 rings (SSSR count). The SMILES string of the molecule is CSc1ccc(C(=O)Nc2ccccc2SC(F)F)cc1[N+](=O)[O-]. The maximum atomic E-state index is 12.6. The van der Waals surface area contributed by atoms with Gasteiger partial charge in [0.1, 0.15) is 0 Å². The molecular weight excluding hydrogens is 358 g/mol. The maximum Gasteiger partial charge on any atom is 0.288 e. The van der Waals surface area contributed by atoms with E-state index in [4.69, 9.17) is 0 Å². The largest absolute Gasteiger partial charge is 0.321 e. The van der Waals surface area contributed by atoms with Crippen molar-refractivity contribution in [3.05, 3.63) is 58.1 Å². The van der Waals surface area contributed by atoms with Crippen molar-refractivity contribution in [1.29, 1.82) is 0 Å². The molecule has 0 aliphatic carbocycles. The van der Waals surface area contributed by atoms with E-state index < -0.39 is 16.6 Å². The Bertz CT molecular complexity index is 772. The first-order valence-electron chi connectivity index (χ1n) is 6.60. The minimum absolute atomic E-state index is 0.0800. The van der Waals surface area contributed by atoms with E-state index in [1.165, 1.54) is 42.1 Å². The number of nitro groups is 1. The number of para-hydroxylation sites is 1. The molecule has 2 aromatic rings. The number of hydrogen-bond acceptors (Lipinski definition) is 5. The molecule has 0 fully saturated rings. The van der Waals surface area contributed by atoms with Gasteiger partial charge in [-0.2, -0.15) is 8.78 Å². The first kappa shape index (κ1) is 18.2. The van der Waals surface area contributed by atoms with Crippen LogP contribution in [0.3, 0.4) is 0 Å². The van der Waals surface area contributed by atoms with E-state index in [-0.39, 0.29) is 21.8 Å². The van der Waals surface area contributed by atoms with Crippen LogP contribution in [0.25, 0.3) is 0 Å². The summed E-state index contributed by atoms with van der Waals surface area (Å²) >= 11 is 1.51. The van der Waals surface area contributed by atoms with Crippen molar-refractivity contribution in [2.75, 3.05) is 11.6 Å². The first-order valence-corrected chi connectivity index (χ1v) is 8.70. The summed E-state index contributed by atoms with van der Waals surface area (Å²) in [6.07, 6.45) is 1.69. The molecule has 0 saturated carbocycles. The summed E-state index contributed by atoms with van der Waals surface area (Å²) in [6.45, 7) is 0. The average molecular weight is 370 g/mol. The lowest BCUT2D eigenvalue weighted by molar-refractivity contribution is -0.387. The van der Waals surface area contributed by atoms with Crippen LogP contribution in [0.4, 0.5) is 20.2 Å². The average Bonchev–Trinajstić information content (AvgIpc) is 2.55. The lowest BCUT2D eigenvalue weighted by atomic mass is 10.2. The van der Waals surface area contributed by atoms with E-state index in [1.54, 1.807) is 18.4 Å². The van der Waals surface area contributed by atoms with Crippen molar-refractivity contribution in [2.45, 2.75) is 15.5 Å². The second-order valence-electron chi connectivity index (χ2n) is 4.47. The number of nitrogens with zero attached hydrogens (tertiary/aromatic N) is 1. The smallest absolute Gasteiger partial charge is 0.288 e. The molecule has 9 heteroatoms. The van der Waals surface area contributed by atoms with Crippen LogP contribution in [-0.4, -0.2) is 22.8 Å². The molecule has 24 heavy (non-hydrogen) atoms. The number of anilines is 1. The van der Waals surface area contributed by atoms with E-state index in [0.29, 0.717) is 16.7 Å². The molecular formula is C15H12F2N2O3S2. The number of hydrogen-bond donors (Lipinski definition) is 1. The number of halogens is 2. The molecule has 0 atom stereocenters. The van der Waals surface area contributed by atoms with Crippen LogP contribution in [0.1, 0.15) is 10.4 Å². The van der Waals surface area contributed by atoms with Crippen molar-refractivity contribution in [3.63, 3.8) is 0 Å². The Morgan fingerprint density at radius 2 is 1.92 bits per heavy atom. The Morgan fingerprint density at radius 3 is 2.54 bits per heavy atom. The minimum atomic E-state index is -2.62. The number of alkyl halides is 2. The third-order valence-corrected chi connectivity index (χ3v) is 4.56. The standard InChI is InChI=1S/C15H12F2N2O3S2/c1-23-13-7-6-9(8-11(13)19(21)22)14(20)18-10-4-2-3-5-12(10)24-15(16)17/h2-8,15H,1H3,(H,18,20). The van der Waals surface area contributed by atoms with E-state index >= 15 is 0 Å². The second-order valence-corrected chi connectivity index (χ2v) is 6.35. The Kier molecular flexibility index (Phi) is 6.16. The highest BCUT2D eigenvalue weighted by Gasteiger charge is 2.18. The van der Waals surface area contributed by atoms with Gasteiger partial charge < -0.3 is 5.32 Å². The molecule has 2 aromatic carbocycles. The number of carbonyl (C=O) groups is 1. The summed E-state index contributed by atoms with van der Waals surface area (Å²) in [5.41, 5.74) is 0.131. The Hall–Kier alpha value is -2.13. The van der Waals surface area contributed by atoms with Crippen LogP contribution in [0.5, 0.6) is 0 Å². The number of nitro benzene ring substituents is 1. The lowest BCUT2D eigenvalue weighted by Crippen LogP contribution is -2.13. The fraction of sp³-hybridized carbons (Fsp3) is 0.133. The van der Waals surface area contributed by atoms with E-state index in [0.717, 1.165) is 0 Å². The molecule has 0 radical (unpaired) electrons. The topological polar surface area (TPSA) is 72.2 Å². The number of thioether (sulfide) groups is 2. The highest BCUT2D eigenvalue weighted by atomic mass is 32.2. The zero-order valence-corrected chi connectivity index (χ0v) is 14.0. The van der Waals surface area contributed by atoms with E-state index in [2.05, 4.69) is 5.32 Å². The zero-order chi connectivity index (χ0) is 17.7. The molecule has 1 N–H and O–H groups in total. The van der Waals surface area contributed by atoms with Gasteiger partial charge in [0.2, 0.25) is 0 Å². The predicted molar refractivity (Wildman–Crippen MR) is 91.1 cm³/mol. The van der Waals surface area contributed by atoms with Gasteiger partial charge in [-0.1, -0.05) is 23.9 Å². The summed E-state index contributed by atoms with van der Waals surface area (Å²) in [4.78, 5) is 23.4. The summed E-state index contributed by atoms with van der Waals surface area (Å²) < 4.78 is 25.1. The van der Waals surface area contributed by atoms with E-state index in [9.17, 15) is 23.7 Å². The molecule has 0 spiro atoms. The van der Waals surface area contributed by atoms with Crippen LogP contribution in [0.15, 0.2) is 52.3 Å². The number of nitrogens with one attached hydrogen (secondary N) is 1. The van der Waals surface area contributed by atoms with Crippen molar-refractivity contribution in [2.24, 2.45) is 0 Å². The van der Waals surface area contributed by atoms with Gasteiger partial charge in [0.15, 0.2) is 0 Å². The Labute approximate surface area is 145 Å². The Balaban J connectivity index is 2.28. The molecule has 1 amide bonds. The summed E-state index contributed by atoms with van der Waals surface area (Å²) in [5, 5.41) is 13.6. The molecule has 0 aliphatic heterocycles. The van der Waals surface area contributed by atoms with Crippen molar-refractivity contribution in [1.82, 2.24) is 0 Å². The third-order valence-electron chi connectivity index (χ3n) is 2.99. The number of carbonyl (C=O) groups excluding carboxylic acids is 1. The van der Waals surface area contributed by atoms with Crippen molar-refractivity contribution < 1.29 is 18.5 Å². The van der Waals surface area contributed by atoms with Crippen molar-refractivity contribution >= 4 is 40.8 Å². The number of rotatable bonds is 6. The Morgan fingerprint density at radius 1 is 1.21 bits per heavy atom. The van der Waals surface area contributed by atoms with Crippen molar-refractivity contribution in [3.8, 4) is 0 Å². The molecule has 0 unspecified atom stereocenters. The number of amides is 1. The normalized spacial score (nSPS) is 10.7. The van der Waals surface area contributed by atoms with Gasteiger partial charge in [0.25, 0.3) is 17.4 Å². The van der Waals surface area contributed by atoms with Gasteiger partial charge in [-0.3, -0.25) is 14.9 Å².